The zero-order valence-corrected chi connectivity index (χ0v) is 16.0. The Morgan fingerprint density at radius 3 is 2.04 bits per heavy atom. The van der Waals surface area contributed by atoms with Gasteiger partial charge < -0.3 is 14.8 Å². The third-order valence-corrected chi connectivity index (χ3v) is 4.50. The second-order valence-electron chi connectivity index (χ2n) is 6.16. The van der Waals surface area contributed by atoms with Gasteiger partial charge in [0, 0.05) is 17.3 Å². The van der Waals surface area contributed by atoms with E-state index in [9.17, 15) is 0 Å². The first-order valence-corrected chi connectivity index (χ1v) is 9.57. The third kappa shape index (κ3) is 6.54. The second kappa shape index (κ2) is 10.5. The highest BCUT2D eigenvalue weighted by molar-refractivity contribution is 6.31. The molecule has 0 amide bonds. The van der Waals surface area contributed by atoms with Gasteiger partial charge in [-0.3, -0.25) is 0 Å². The van der Waals surface area contributed by atoms with Gasteiger partial charge in [-0.25, -0.2) is 0 Å². The number of benzene rings is 3. The van der Waals surface area contributed by atoms with E-state index in [1.54, 1.807) is 0 Å². The van der Waals surface area contributed by atoms with E-state index in [0.29, 0.717) is 13.2 Å². The van der Waals surface area contributed by atoms with E-state index in [2.05, 4.69) is 11.4 Å². The van der Waals surface area contributed by atoms with E-state index in [0.717, 1.165) is 41.6 Å². The molecule has 27 heavy (non-hydrogen) atoms. The molecule has 0 unspecified atom stereocenters. The van der Waals surface area contributed by atoms with Gasteiger partial charge in [-0.05, 0) is 60.9 Å². The maximum atomic E-state index is 6.18. The zero-order valence-electron chi connectivity index (χ0n) is 15.2. The fraction of sp³-hybridized carbons (Fsp3) is 0.217. The average Bonchev–Trinajstić information content (AvgIpc) is 2.71. The van der Waals surface area contributed by atoms with Crippen LogP contribution in [0.3, 0.4) is 0 Å². The Labute approximate surface area is 165 Å². The van der Waals surface area contributed by atoms with Crippen molar-refractivity contribution in [1.29, 1.82) is 0 Å². The van der Waals surface area contributed by atoms with Crippen molar-refractivity contribution < 1.29 is 9.47 Å². The maximum absolute atomic E-state index is 6.18. The van der Waals surface area contributed by atoms with E-state index in [1.807, 2.05) is 72.8 Å². The van der Waals surface area contributed by atoms with E-state index in [1.165, 1.54) is 5.56 Å². The summed E-state index contributed by atoms with van der Waals surface area (Å²) in [5.41, 5.74) is 2.28. The molecule has 0 atom stereocenters. The summed E-state index contributed by atoms with van der Waals surface area (Å²) in [6, 6.07) is 25.8. The van der Waals surface area contributed by atoms with Gasteiger partial charge in [0.2, 0.25) is 0 Å². The van der Waals surface area contributed by atoms with Crippen LogP contribution in [0.4, 0.5) is 5.69 Å². The number of halogens is 1. The van der Waals surface area contributed by atoms with Crippen molar-refractivity contribution in [3.63, 3.8) is 0 Å². The summed E-state index contributed by atoms with van der Waals surface area (Å²) in [5, 5.41) is 4.27. The minimum absolute atomic E-state index is 0.513. The summed E-state index contributed by atoms with van der Waals surface area (Å²) in [4.78, 5) is 0. The average molecular weight is 382 g/mol. The van der Waals surface area contributed by atoms with Gasteiger partial charge in [0.05, 0.1) is 0 Å². The summed E-state index contributed by atoms with van der Waals surface area (Å²) in [6.07, 6.45) is 1.99. The Balaban J connectivity index is 1.33. The molecule has 0 saturated carbocycles. The molecule has 1 N–H and O–H groups in total. The van der Waals surface area contributed by atoms with E-state index in [-0.39, 0.29) is 0 Å². The largest absolute Gasteiger partial charge is 0.490 e. The lowest BCUT2D eigenvalue weighted by atomic mass is 10.1. The number of anilines is 1. The summed E-state index contributed by atoms with van der Waals surface area (Å²) < 4.78 is 11.3. The molecule has 0 aliphatic heterocycles. The molecule has 0 saturated heterocycles. The van der Waals surface area contributed by atoms with Gasteiger partial charge in [0.1, 0.15) is 24.7 Å². The topological polar surface area (TPSA) is 30.5 Å². The first-order valence-electron chi connectivity index (χ1n) is 9.19. The zero-order chi connectivity index (χ0) is 18.7. The van der Waals surface area contributed by atoms with Crippen LogP contribution in [0.25, 0.3) is 0 Å². The van der Waals surface area contributed by atoms with Crippen molar-refractivity contribution in [2.24, 2.45) is 0 Å². The monoisotopic (exact) mass is 381 g/mol. The summed E-state index contributed by atoms with van der Waals surface area (Å²) in [6.45, 7) is 1.93. The van der Waals surface area contributed by atoms with Crippen LogP contribution in [-0.2, 0) is 6.42 Å². The normalized spacial score (nSPS) is 10.4. The highest BCUT2D eigenvalue weighted by Crippen LogP contribution is 2.18. The first kappa shape index (κ1) is 19.1. The molecule has 0 aliphatic carbocycles. The first-order chi connectivity index (χ1) is 13.3. The number of hydrogen-bond donors (Lipinski definition) is 1. The molecule has 0 bridgehead atoms. The molecular formula is C23H24ClNO2. The smallest absolute Gasteiger partial charge is 0.122 e. The van der Waals surface area contributed by atoms with Crippen molar-refractivity contribution in [3.8, 4) is 11.5 Å². The van der Waals surface area contributed by atoms with E-state index in [4.69, 9.17) is 21.1 Å². The highest BCUT2D eigenvalue weighted by Gasteiger charge is 2.00. The highest BCUT2D eigenvalue weighted by atomic mass is 35.5. The lowest BCUT2D eigenvalue weighted by Crippen LogP contribution is -2.09. The lowest BCUT2D eigenvalue weighted by Gasteiger charge is -2.10. The Morgan fingerprint density at radius 2 is 1.33 bits per heavy atom. The molecule has 4 heteroatoms. The number of hydrogen-bond acceptors (Lipinski definition) is 3. The van der Waals surface area contributed by atoms with Crippen LogP contribution in [0.2, 0.25) is 5.02 Å². The molecule has 0 aliphatic rings. The number of rotatable bonds is 10. The Hall–Kier alpha value is -2.65. The predicted molar refractivity (Wildman–Crippen MR) is 112 cm³/mol. The SMILES string of the molecule is Clc1ccccc1CCCNc1ccc(OCCOc2ccccc2)cc1. The van der Waals surface area contributed by atoms with Crippen molar-refractivity contribution in [1.82, 2.24) is 0 Å². The molecule has 0 aromatic heterocycles. The fourth-order valence-electron chi connectivity index (χ4n) is 2.72. The van der Waals surface area contributed by atoms with Gasteiger partial charge >= 0.3 is 0 Å². The maximum Gasteiger partial charge on any atom is 0.122 e. The summed E-state index contributed by atoms with van der Waals surface area (Å²) in [5.74, 6) is 1.70. The molecule has 3 aromatic carbocycles. The fourth-order valence-corrected chi connectivity index (χ4v) is 2.95. The molecule has 0 heterocycles. The van der Waals surface area contributed by atoms with Crippen LogP contribution in [0, 0.1) is 0 Å². The molecule has 3 nitrogen and oxygen atoms in total. The summed E-state index contributed by atoms with van der Waals surface area (Å²) in [7, 11) is 0. The van der Waals surface area contributed by atoms with Gasteiger partial charge in [0.25, 0.3) is 0 Å². The van der Waals surface area contributed by atoms with Gasteiger partial charge in [-0.1, -0.05) is 48.0 Å². The van der Waals surface area contributed by atoms with E-state index < -0.39 is 0 Å². The molecule has 3 rings (SSSR count). The van der Waals surface area contributed by atoms with Gasteiger partial charge in [-0.15, -0.1) is 0 Å². The van der Waals surface area contributed by atoms with Crippen molar-refractivity contribution in [2.75, 3.05) is 25.1 Å². The van der Waals surface area contributed by atoms with Crippen LogP contribution in [-0.4, -0.2) is 19.8 Å². The number of aryl methyl sites for hydroxylation is 1. The van der Waals surface area contributed by atoms with Crippen LogP contribution in [0.1, 0.15) is 12.0 Å². The van der Waals surface area contributed by atoms with E-state index >= 15 is 0 Å². The molecule has 3 aromatic rings. The predicted octanol–water partition coefficient (Wildman–Crippen LogP) is 5.84. The molecule has 0 spiro atoms. The quantitative estimate of drug-likeness (QED) is 0.447. The Bertz CT molecular complexity index is 806. The Kier molecular flexibility index (Phi) is 7.43. The molecule has 0 radical (unpaired) electrons. The summed E-state index contributed by atoms with van der Waals surface area (Å²) >= 11 is 6.18. The minimum atomic E-state index is 0.513. The van der Waals surface area contributed by atoms with Crippen molar-refractivity contribution >= 4 is 17.3 Å². The minimum Gasteiger partial charge on any atom is -0.490 e. The number of nitrogens with one attached hydrogen (secondary N) is 1. The lowest BCUT2D eigenvalue weighted by molar-refractivity contribution is 0.217. The molecule has 0 fully saturated rings. The van der Waals surface area contributed by atoms with Crippen LogP contribution in [0.5, 0.6) is 11.5 Å². The van der Waals surface area contributed by atoms with Gasteiger partial charge in [0.15, 0.2) is 0 Å². The van der Waals surface area contributed by atoms with Crippen molar-refractivity contribution in [2.45, 2.75) is 12.8 Å². The number of para-hydroxylation sites is 1. The van der Waals surface area contributed by atoms with Crippen LogP contribution < -0.4 is 14.8 Å². The second-order valence-corrected chi connectivity index (χ2v) is 6.56. The molecular weight excluding hydrogens is 358 g/mol. The van der Waals surface area contributed by atoms with Crippen molar-refractivity contribution in [3.05, 3.63) is 89.4 Å². The third-order valence-electron chi connectivity index (χ3n) is 4.13. The molecule has 140 valence electrons. The number of ether oxygens (including phenoxy) is 2. The Morgan fingerprint density at radius 1 is 0.704 bits per heavy atom. The van der Waals surface area contributed by atoms with Gasteiger partial charge in [-0.2, -0.15) is 0 Å². The van der Waals surface area contributed by atoms with Crippen LogP contribution in [0.15, 0.2) is 78.9 Å². The standard InChI is InChI=1S/C23H24ClNO2/c24-23-11-5-4-7-19(23)8-6-16-25-20-12-14-22(15-13-20)27-18-17-26-21-9-2-1-3-10-21/h1-5,7,9-15,25H,6,8,16-18H2. The van der Waals surface area contributed by atoms with Crippen LogP contribution >= 0.6 is 11.6 Å².